The van der Waals surface area contributed by atoms with Crippen molar-refractivity contribution in [3.05, 3.63) is 11.6 Å². The zero-order valence-electron chi connectivity index (χ0n) is 22.2. The molecule has 4 fully saturated rings. The Bertz CT molecular complexity index is 859. The summed E-state index contributed by atoms with van der Waals surface area (Å²) in [6.07, 6.45) is 11.0. The second kappa shape index (κ2) is 7.34. The lowest BCUT2D eigenvalue weighted by molar-refractivity contribution is -0.205. The molecule has 11 unspecified atom stereocenters. The number of hydrogen-bond acceptors (Lipinski definition) is 2. The van der Waals surface area contributed by atoms with Gasteiger partial charge in [0.2, 0.25) is 0 Å². The molecule has 186 valence electrons. The Morgan fingerprint density at radius 2 is 1.67 bits per heavy atom. The molecule has 0 radical (unpaired) electrons. The van der Waals surface area contributed by atoms with Crippen molar-refractivity contribution in [1.82, 2.24) is 0 Å². The zero-order valence-corrected chi connectivity index (χ0v) is 22.2. The molecule has 3 nitrogen and oxygen atoms in total. The number of carboxylic acids is 1. The molecule has 2 N–H and O–H groups in total. The van der Waals surface area contributed by atoms with Gasteiger partial charge in [0.15, 0.2) is 0 Å². The highest BCUT2D eigenvalue weighted by molar-refractivity contribution is 5.71. The van der Waals surface area contributed by atoms with Gasteiger partial charge in [0.25, 0.3) is 0 Å². The number of aliphatic hydroxyl groups excluding tert-OH is 1. The van der Waals surface area contributed by atoms with Gasteiger partial charge in [0.05, 0.1) is 12.0 Å². The van der Waals surface area contributed by atoms with E-state index in [0.29, 0.717) is 35.5 Å². The summed E-state index contributed by atoms with van der Waals surface area (Å²) in [5, 5.41) is 21.3. The number of aliphatic carboxylic acids is 1. The SMILES string of the molecule is CC1CCC2C(C(=O)O)CC3(C)C(=CCC4C5(C)CCC(O)C(C)(C)C5CCC43C)C2C1C. The third-order valence-electron chi connectivity index (χ3n) is 13.2. The van der Waals surface area contributed by atoms with Crippen LogP contribution in [0.4, 0.5) is 0 Å². The number of allylic oxidation sites excluding steroid dienone is 2. The molecule has 0 amide bonds. The fourth-order valence-corrected chi connectivity index (χ4v) is 10.9. The molecule has 11 atom stereocenters. The Morgan fingerprint density at radius 3 is 2.33 bits per heavy atom. The van der Waals surface area contributed by atoms with Crippen LogP contribution in [0.15, 0.2) is 11.6 Å². The van der Waals surface area contributed by atoms with Crippen LogP contribution in [0.1, 0.15) is 99.8 Å². The first-order valence-electron chi connectivity index (χ1n) is 13.9. The van der Waals surface area contributed by atoms with Gasteiger partial charge < -0.3 is 10.2 Å². The van der Waals surface area contributed by atoms with Crippen molar-refractivity contribution in [3.63, 3.8) is 0 Å². The van der Waals surface area contributed by atoms with Crippen molar-refractivity contribution in [2.45, 2.75) is 106 Å². The van der Waals surface area contributed by atoms with Crippen LogP contribution in [0, 0.1) is 63.1 Å². The molecule has 0 aromatic rings. The predicted molar refractivity (Wildman–Crippen MR) is 133 cm³/mol. The van der Waals surface area contributed by atoms with Crippen LogP contribution in [-0.4, -0.2) is 22.3 Å². The standard InChI is InChI=1S/C30H48O3/c1-17-8-9-19-20(26(32)33)16-30(7)21(25(19)18(17)2)10-11-23-28(5)14-13-24(31)27(3,4)22(28)12-15-29(23,30)6/h10,17-20,22-25,31H,8-9,11-16H2,1-7H3,(H,32,33). The molecule has 4 saturated carbocycles. The highest BCUT2D eigenvalue weighted by Gasteiger charge is 2.68. The van der Waals surface area contributed by atoms with Gasteiger partial charge in [-0.2, -0.15) is 0 Å². The quantitative estimate of drug-likeness (QED) is 0.420. The summed E-state index contributed by atoms with van der Waals surface area (Å²) < 4.78 is 0. The average Bonchev–Trinajstić information content (AvgIpc) is 2.73. The summed E-state index contributed by atoms with van der Waals surface area (Å²) in [5.74, 6) is 2.30. The molecule has 0 aromatic carbocycles. The predicted octanol–water partition coefficient (Wildman–Crippen LogP) is 6.95. The van der Waals surface area contributed by atoms with Crippen LogP contribution >= 0.6 is 0 Å². The Kier molecular flexibility index (Phi) is 5.31. The number of fused-ring (bicyclic) bond motifs is 7. The minimum Gasteiger partial charge on any atom is -0.481 e. The van der Waals surface area contributed by atoms with Crippen LogP contribution in [0.2, 0.25) is 0 Å². The number of aliphatic hydroxyl groups is 1. The topological polar surface area (TPSA) is 57.5 Å². The van der Waals surface area contributed by atoms with Crippen molar-refractivity contribution >= 4 is 5.97 Å². The molecule has 5 aliphatic rings. The summed E-state index contributed by atoms with van der Waals surface area (Å²) in [6.45, 7) is 16.9. The maximum absolute atomic E-state index is 12.6. The molecule has 0 saturated heterocycles. The summed E-state index contributed by atoms with van der Waals surface area (Å²) in [7, 11) is 0. The van der Waals surface area contributed by atoms with E-state index in [2.05, 4.69) is 54.5 Å². The van der Waals surface area contributed by atoms with E-state index in [4.69, 9.17) is 0 Å². The van der Waals surface area contributed by atoms with Crippen molar-refractivity contribution in [2.24, 2.45) is 63.1 Å². The smallest absolute Gasteiger partial charge is 0.306 e. The van der Waals surface area contributed by atoms with Gasteiger partial charge in [-0.3, -0.25) is 4.79 Å². The number of carboxylic acid groups (broad SMARTS) is 1. The van der Waals surface area contributed by atoms with E-state index in [-0.39, 0.29) is 33.7 Å². The van der Waals surface area contributed by atoms with Crippen LogP contribution < -0.4 is 0 Å². The largest absolute Gasteiger partial charge is 0.481 e. The van der Waals surface area contributed by atoms with Crippen LogP contribution in [0.25, 0.3) is 0 Å². The zero-order chi connectivity index (χ0) is 24.1. The summed E-state index contributed by atoms with van der Waals surface area (Å²) in [5.41, 5.74) is 1.88. The van der Waals surface area contributed by atoms with Gasteiger partial charge in [-0.05, 0) is 102 Å². The molecule has 3 heteroatoms. The molecule has 0 aliphatic heterocycles. The van der Waals surface area contributed by atoms with E-state index in [1.807, 2.05) is 0 Å². The minimum absolute atomic E-state index is 0.0420. The van der Waals surface area contributed by atoms with E-state index in [1.54, 1.807) is 5.57 Å². The van der Waals surface area contributed by atoms with Crippen molar-refractivity contribution < 1.29 is 15.0 Å². The van der Waals surface area contributed by atoms with Crippen molar-refractivity contribution in [2.75, 3.05) is 0 Å². The lowest BCUT2D eigenvalue weighted by Crippen LogP contribution is -2.65. The lowest BCUT2D eigenvalue weighted by Gasteiger charge is -2.71. The average molecular weight is 457 g/mol. The monoisotopic (exact) mass is 456 g/mol. The minimum atomic E-state index is -0.556. The maximum Gasteiger partial charge on any atom is 0.306 e. The molecule has 0 spiro atoms. The Morgan fingerprint density at radius 1 is 0.970 bits per heavy atom. The first kappa shape index (κ1) is 23.9. The molecular formula is C30H48O3. The number of rotatable bonds is 1. The highest BCUT2D eigenvalue weighted by atomic mass is 16.4. The van der Waals surface area contributed by atoms with Gasteiger partial charge in [0.1, 0.15) is 0 Å². The lowest BCUT2D eigenvalue weighted by atomic mass is 9.33. The van der Waals surface area contributed by atoms with Gasteiger partial charge in [-0.25, -0.2) is 0 Å². The second-order valence-corrected chi connectivity index (χ2v) is 14.4. The van der Waals surface area contributed by atoms with Crippen molar-refractivity contribution in [3.8, 4) is 0 Å². The van der Waals surface area contributed by atoms with E-state index in [1.165, 1.54) is 6.42 Å². The number of hydrogen-bond donors (Lipinski definition) is 2. The van der Waals surface area contributed by atoms with Gasteiger partial charge in [-0.1, -0.05) is 66.5 Å². The fourth-order valence-electron chi connectivity index (χ4n) is 10.9. The van der Waals surface area contributed by atoms with E-state index < -0.39 is 5.97 Å². The third-order valence-corrected chi connectivity index (χ3v) is 13.2. The molecule has 5 rings (SSSR count). The van der Waals surface area contributed by atoms with Crippen LogP contribution in [-0.2, 0) is 4.79 Å². The summed E-state index contributed by atoms with van der Waals surface area (Å²) >= 11 is 0. The molecule has 0 aromatic heterocycles. The Hall–Kier alpha value is -0.830. The third kappa shape index (κ3) is 2.93. The normalized spacial score (nSPS) is 55.3. The van der Waals surface area contributed by atoms with E-state index in [9.17, 15) is 15.0 Å². The first-order chi connectivity index (χ1) is 15.3. The van der Waals surface area contributed by atoms with Crippen molar-refractivity contribution in [1.29, 1.82) is 0 Å². The van der Waals surface area contributed by atoms with Crippen LogP contribution in [0.3, 0.4) is 0 Å². The second-order valence-electron chi connectivity index (χ2n) is 14.4. The van der Waals surface area contributed by atoms with E-state index >= 15 is 0 Å². The summed E-state index contributed by atoms with van der Waals surface area (Å²) in [4.78, 5) is 12.6. The fraction of sp³-hybridized carbons (Fsp3) is 0.900. The Labute approximate surface area is 201 Å². The molecule has 5 aliphatic carbocycles. The highest BCUT2D eigenvalue weighted by Crippen LogP contribution is 2.75. The number of carbonyl (C=O) groups is 1. The van der Waals surface area contributed by atoms with Crippen LogP contribution in [0.5, 0.6) is 0 Å². The molecule has 33 heavy (non-hydrogen) atoms. The Balaban J connectivity index is 1.62. The van der Waals surface area contributed by atoms with Gasteiger partial charge >= 0.3 is 5.97 Å². The molecule has 0 bridgehead atoms. The first-order valence-corrected chi connectivity index (χ1v) is 13.9. The maximum atomic E-state index is 12.6. The molecular weight excluding hydrogens is 408 g/mol. The molecule has 0 heterocycles. The summed E-state index contributed by atoms with van der Waals surface area (Å²) in [6, 6.07) is 0. The van der Waals surface area contributed by atoms with Gasteiger partial charge in [0, 0.05) is 0 Å². The van der Waals surface area contributed by atoms with Gasteiger partial charge in [-0.15, -0.1) is 0 Å². The van der Waals surface area contributed by atoms with E-state index in [0.717, 1.165) is 44.9 Å².